The SMILES string of the molecule is O=C(O)c1cn[nH]c1-c1cc2ccc(C(F)(F)F)cc2[nH]1. The summed E-state index contributed by atoms with van der Waals surface area (Å²) in [6.07, 6.45) is -3.29. The molecule has 0 aliphatic rings. The average molecular weight is 295 g/mol. The van der Waals surface area contributed by atoms with E-state index >= 15 is 0 Å². The number of H-pyrrole nitrogens is 2. The standard InChI is InChI=1S/C13H8F3N3O2/c14-13(15,16)7-2-1-6-3-10(18-9(6)4-7)11-8(12(20)21)5-17-19-11/h1-5,18H,(H,17,19)(H,20,21). The Labute approximate surface area is 115 Å². The van der Waals surface area contributed by atoms with Gasteiger partial charge in [0.25, 0.3) is 0 Å². The number of nitrogens with zero attached hydrogens (tertiary/aromatic N) is 1. The zero-order valence-electron chi connectivity index (χ0n) is 10.3. The number of nitrogens with one attached hydrogen (secondary N) is 2. The lowest BCUT2D eigenvalue weighted by Crippen LogP contribution is -2.03. The van der Waals surface area contributed by atoms with Gasteiger partial charge in [0.15, 0.2) is 0 Å². The number of rotatable bonds is 2. The van der Waals surface area contributed by atoms with E-state index in [2.05, 4.69) is 15.2 Å². The number of hydrogen-bond acceptors (Lipinski definition) is 2. The molecule has 108 valence electrons. The summed E-state index contributed by atoms with van der Waals surface area (Å²) in [5.74, 6) is -1.17. The minimum atomic E-state index is -4.43. The van der Waals surface area contributed by atoms with Crippen LogP contribution in [-0.2, 0) is 6.18 Å². The van der Waals surface area contributed by atoms with Crippen molar-refractivity contribution in [3.8, 4) is 11.4 Å². The van der Waals surface area contributed by atoms with Crippen LogP contribution in [0.2, 0.25) is 0 Å². The first-order chi connectivity index (χ1) is 9.86. The summed E-state index contributed by atoms with van der Waals surface area (Å²) in [5, 5.41) is 15.7. The van der Waals surface area contributed by atoms with Gasteiger partial charge in [0.1, 0.15) is 5.56 Å². The van der Waals surface area contributed by atoms with Crippen molar-refractivity contribution in [2.75, 3.05) is 0 Å². The third kappa shape index (κ3) is 2.24. The number of aromatic nitrogens is 3. The highest BCUT2D eigenvalue weighted by atomic mass is 19.4. The van der Waals surface area contributed by atoms with Gasteiger partial charge in [0.2, 0.25) is 0 Å². The van der Waals surface area contributed by atoms with Gasteiger partial charge in [-0.2, -0.15) is 18.3 Å². The molecular formula is C13H8F3N3O2. The first kappa shape index (κ1) is 13.2. The first-order valence-corrected chi connectivity index (χ1v) is 5.83. The maximum atomic E-state index is 12.7. The molecule has 0 aliphatic heterocycles. The second-order valence-electron chi connectivity index (χ2n) is 4.45. The minimum absolute atomic E-state index is 0.0578. The van der Waals surface area contributed by atoms with E-state index in [0.717, 1.165) is 18.3 Å². The number of aromatic amines is 2. The van der Waals surface area contributed by atoms with E-state index in [1.54, 1.807) is 6.07 Å². The van der Waals surface area contributed by atoms with E-state index < -0.39 is 17.7 Å². The predicted molar refractivity (Wildman–Crippen MR) is 67.8 cm³/mol. The summed E-state index contributed by atoms with van der Waals surface area (Å²) in [6, 6.07) is 4.85. The molecule has 0 fully saturated rings. The molecular weight excluding hydrogens is 287 g/mol. The summed E-state index contributed by atoms with van der Waals surface area (Å²) < 4.78 is 38.0. The Balaban J connectivity index is 2.13. The predicted octanol–water partition coefficient (Wildman–Crippen LogP) is 3.28. The molecule has 3 rings (SSSR count). The maximum Gasteiger partial charge on any atom is 0.416 e. The second-order valence-corrected chi connectivity index (χ2v) is 4.45. The maximum absolute atomic E-state index is 12.7. The molecule has 1 aromatic carbocycles. The first-order valence-electron chi connectivity index (χ1n) is 5.83. The van der Waals surface area contributed by atoms with Gasteiger partial charge in [-0.1, -0.05) is 6.07 Å². The minimum Gasteiger partial charge on any atom is -0.478 e. The fourth-order valence-electron chi connectivity index (χ4n) is 2.09. The highest BCUT2D eigenvalue weighted by Gasteiger charge is 2.30. The Morgan fingerprint density at radius 2 is 2.00 bits per heavy atom. The van der Waals surface area contributed by atoms with Crippen molar-refractivity contribution in [3.63, 3.8) is 0 Å². The van der Waals surface area contributed by atoms with Gasteiger partial charge in [-0.15, -0.1) is 0 Å². The van der Waals surface area contributed by atoms with Crippen LogP contribution >= 0.6 is 0 Å². The molecule has 0 saturated heterocycles. The Hall–Kier alpha value is -2.77. The Bertz CT molecular complexity index is 833. The number of carboxylic acids is 1. The quantitative estimate of drug-likeness (QED) is 0.678. The van der Waals surface area contributed by atoms with Crippen molar-refractivity contribution >= 4 is 16.9 Å². The molecule has 2 aromatic heterocycles. The summed E-state index contributed by atoms with van der Waals surface area (Å²) in [5.41, 5.74) is 0.0151. The summed E-state index contributed by atoms with van der Waals surface area (Å²) >= 11 is 0. The molecule has 8 heteroatoms. The monoisotopic (exact) mass is 295 g/mol. The van der Waals surface area contributed by atoms with Crippen LogP contribution in [0.1, 0.15) is 15.9 Å². The van der Waals surface area contributed by atoms with Crippen LogP contribution in [0.3, 0.4) is 0 Å². The van der Waals surface area contributed by atoms with Crippen LogP contribution in [0.5, 0.6) is 0 Å². The van der Waals surface area contributed by atoms with Crippen LogP contribution in [0.15, 0.2) is 30.5 Å². The summed E-state index contributed by atoms with van der Waals surface area (Å²) in [4.78, 5) is 13.8. The normalized spacial score (nSPS) is 12.0. The highest BCUT2D eigenvalue weighted by Crippen LogP contribution is 2.32. The van der Waals surface area contributed by atoms with Gasteiger partial charge in [0, 0.05) is 10.9 Å². The Kier molecular flexibility index (Phi) is 2.75. The molecule has 0 spiro atoms. The van der Waals surface area contributed by atoms with E-state index in [1.165, 1.54) is 6.07 Å². The molecule has 0 unspecified atom stereocenters. The van der Waals surface area contributed by atoms with E-state index in [4.69, 9.17) is 5.11 Å². The van der Waals surface area contributed by atoms with Crippen molar-refractivity contribution in [1.82, 2.24) is 15.2 Å². The number of fused-ring (bicyclic) bond motifs is 1. The van der Waals surface area contributed by atoms with Crippen LogP contribution in [0.25, 0.3) is 22.3 Å². The third-order valence-electron chi connectivity index (χ3n) is 3.09. The lowest BCUT2D eigenvalue weighted by molar-refractivity contribution is -0.137. The fraction of sp³-hybridized carbons (Fsp3) is 0.0769. The molecule has 0 aliphatic carbocycles. The van der Waals surface area contributed by atoms with E-state index in [1.807, 2.05) is 0 Å². The number of benzene rings is 1. The lowest BCUT2D eigenvalue weighted by Gasteiger charge is -2.05. The molecule has 0 radical (unpaired) electrons. The highest BCUT2D eigenvalue weighted by molar-refractivity contribution is 5.96. The lowest BCUT2D eigenvalue weighted by atomic mass is 10.1. The van der Waals surface area contributed by atoms with Crippen LogP contribution < -0.4 is 0 Å². The van der Waals surface area contributed by atoms with Crippen LogP contribution in [0, 0.1) is 0 Å². The number of carboxylic acid groups (broad SMARTS) is 1. The van der Waals surface area contributed by atoms with Crippen molar-refractivity contribution in [2.45, 2.75) is 6.18 Å². The molecule has 2 heterocycles. The Morgan fingerprint density at radius 3 is 2.67 bits per heavy atom. The molecule has 0 atom stereocenters. The molecule has 3 N–H and O–H groups in total. The molecule has 0 amide bonds. The zero-order chi connectivity index (χ0) is 15.2. The summed E-state index contributed by atoms with van der Waals surface area (Å²) in [7, 11) is 0. The van der Waals surface area contributed by atoms with Gasteiger partial charge in [-0.3, -0.25) is 5.10 Å². The molecule has 0 bridgehead atoms. The number of alkyl halides is 3. The van der Waals surface area contributed by atoms with E-state index in [0.29, 0.717) is 11.1 Å². The topological polar surface area (TPSA) is 81.8 Å². The van der Waals surface area contributed by atoms with Gasteiger partial charge < -0.3 is 10.1 Å². The van der Waals surface area contributed by atoms with E-state index in [-0.39, 0.29) is 16.8 Å². The molecule has 0 saturated carbocycles. The largest absolute Gasteiger partial charge is 0.478 e. The van der Waals surface area contributed by atoms with Crippen molar-refractivity contribution < 1.29 is 23.1 Å². The number of carbonyl (C=O) groups is 1. The van der Waals surface area contributed by atoms with Gasteiger partial charge >= 0.3 is 12.1 Å². The fourth-order valence-corrected chi connectivity index (χ4v) is 2.09. The smallest absolute Gasteiger partial charge is 0.416 e. The molecule has 5 nitrogen and oxygen atoms in total. The number of aromatic carboxylic acids is 1. The molecule has 21 heavy (non-hydrogen) atoms. The second kappa shape index (κ2) is 4.37. The summed E-state index contributed by atoms with van der Waals surface area (Å²) in [6.45, 7) is 0. The van der Waals surface area contributed by atoms with Crippen molar-refractivity contribution in [2.24, 2.45) is 0 Å². The van der Waals surface area contributed by atoms with Crippen LogP contribution in [-0.4, -0.2) is 26.3 Å². The van der Waals surface area contributed by atoms with E-state index in [9.17, 15) is 18.0 Å². The van der Waals surface area contributed by atoms with Crippen LogP contribution in [0.4, 0.5) is 13.2 Å². The third-order valence-corrected chi connectivity index (χ3v) is 3.09. The van der Waals surface area contributed by atoms with Gasteiger partial charge in [-0.25, -0.2) is 4.79 Å². The Morgan fingerprint density at radius 1 is 1.24 bits per heavy atom. The average Bonchev–Trinajstić information content (AvgIpc) is 3.02. The zero-order valence-corrected chi connectivity index (χ0v) is 10.3. The van der Waals surface area contributed by atoms with Gasteiger partial charge in [-0.05, 0) is 18.2 Å². The number of halogens is 3. The molecule has 3 aromatic rings. The van der Waals surface area contributed by atoms with Gasteiger partial charge in [0.05, 0.1) is 23.1 Å². The number of hydrogen-bond donors (Lipinski definition) is 3. The van der Waals surface area contributed by atoms with Crippen molar-refractivity contribution in [1.29, 1.82) is 0 Å². The van der Waals surface area contributed by atoms with Crippen molar-refractivity contribution in [3.05, 3.63) is 41.6 Å².